The maximum atomic E-state index is 11.1. The van der Waals surface area contributed by atoms with Crippen LogP contribution in [-0.2, 0) is 14.3 Å². The van der Waals surface area contributed by atoms with Gasteiger partial charge in [0.15, 0.2) is 5.78 Å². The average molecular weight is 275 g/mol. The highest BCUT2D eigenvalue weighted by molar-refractivity contribution is 9.11. The van der Waals surface area contributed by atoms with Crippen molar-refractivity contribution in [3.8, 4) is 0 Å². The van der Waals surface area contributed by atoms with Gasteiger partial charge in [-0.2, -0.15) is 0 Å². The van der Waals surface area contributed by atoms with Crippen molar-refractivity contribution in [3.05, 3.63) is 22.7 Å². The molecule has 4 heteroatoms. The summed E-state index contributed by atoms with van der Waals surface area (Å²) in [6.45, 7) is 5.79. The molecule has 0 fully saturated rings. The number of rotatable bonds is 2. The largest absolute Gasteiger partial charge is 0.346 e. The van der Waals surface area contributed by atoms with Crippen LogP contribution in [0.15, 0.2) is 22.7 Å². The lowest BCUT2D eigenvalue weighted by molar-refractivity contribution is -0.210. The van der Waals surface area contributed by atoms with Crippen molar-refractivity contribution in [1.82, 2.24) is 0 Å². The van der Waals surface area contributed by atoms with Crippen molar-refractivity contribution in [1.29, 1.82) is 0 Å². The Hall–Kier alpha value is -0.450. The van der Waals surface area contributed by atoms with Crippen LogP contribution in [0.4, 0.5) is 0 Å². The predicted molar refractivity (Wildman–Crippen MR) is 61.7 cm³/mol. The maximum absolute atomic E-state index is 11.1. The Morgan fingerprint density at radius 3 is 2.40 bits per heavy atom. The third-order valence-corrected chi connectivity index (χ3v) is 2.61. The molecule has 0 bridgehead atoms. The predicted octanol–water partition coefficient (Wildman–Crippen LogP) is 2.56. The summed E-state index contributed by atoms with van der Waals surface area (Å²) in [7, 11) is 1.54. The molecule has 1 aliphatic rings. The topological polar surface area (TPSA) is 35.5 Å². The summed E-state index contributed by atoms with van der Waals surface area (Å²) < 4.78 is 11.7. The Kier molecular flexibility index (Phi) is 3.53. The molecule has 3 nitrogen and oxygen atoms in total. The van der Waals surface area contributed by atoms with E-state index in [1.807, 2.05) is 20.8 Å². The van der Waals surface area contributed by atoms with E-state index in [0.29, 0.717) is 4.48 Å². The lowest BCUT2D eigenvalue weighted by Crippen LogP contribution is -2.41. The second-order valence-corrected chi connectivity index (χ2v) is 5.17. The van der Waals surface area contributed by atoms with E-state index in [4.69, 9.17) is 9.47 Å². The number of ketones is 1. The summed E-state index contributed by atoms with van der Waals surface area (Å²) in [5.41, 5.74) is -0.367. The highest BCUT2D eigenvalue weighted by Gasteiger charge is 2.38. The maximum Gasteiger partial charge on any atom is 0.222 e. The molecule has 0 aliphatic heterocycles. The molecule has 0 aromatic rings. The minimum Gasteiger partial charge on any atom is -0.346 e. The van der Waals surface area contributed by atoms with Crippen molar-refractivity contribution in [2.45, 2.75) is 32.2 Å². The number of hydrogen-bond donors (Lipinski definition) is 0. The summed E-state index contributed by atoms with van der Waals surface area (Å²) in [4.78, 5) is 11.1. The van der Waals surface area contributed by atoms with Gasteiger partial charge in [0.05, 0.1) is 10.1 Å². The summed E-state index contributed by atoms with van der Waals surface area (Å²) in [6, 6.07) is 0. The van der Waals surface area contributed by atoms with Gasteiger partial charge in [0.2, 0.25) is 5.79 Å². The molecule has 84 valence electrons. The van der Waals surface area contributed by atoms with Gasteiger partial charge in [0.1, 0.15) is 0 Å². The zero-order chi connectivity index (χ0) is 11.7. The van der Waals surface area contributed by atoms with Crippen LogP contribution in [-0.4, -0.2) is 24.3 Å². The fourth-order valence-electron chi connectivity index (χ4n) is 1.29. The molecule has 15 heavy (non-hydrogen) atoms. The van der Waals surface area contributed by atoms with Gasteiger partial charge in [-0.25, -0.2) is 0 Å². The second-order valence-electron chi connectivity index (χ2n) is 4.31. The molecule has 1 aliphatic carbocycles. The molecule has 1 rings (SSSR count). The first-order valence-electron chi connectivity index (χ1n) is 4.65. The molecule has 0 saturated heterocycles. The Labute approximate surface area is 98.3 Å². The van der Waals surface area contributed by atoms with Crippen LogP contribution in [0.3, 0.4) is 0 Å². The van der Waals surface area contributed by atoms with E-state index in [1.54, 1.807) is 13.2 Å². The monoisotopic (exact) mass is 274 g/mol. The highest BCUT2D eigenvalue weighted by Crippen LogP contribution is 2.35. The van der Waals surface area contributed by atoms with Crippen LogP contribution in [0.2, 0.25) is 0 Å². The number of halogens is 1. The molecule has 0 saturated carbocycles. The zero-order valence-corrected chi connectivity index (χ0v) is 10.9. The molecule has 0 aromatic heterocycles. The van der Waals surface area contributed by atoms with Crippen LogP contribution in [0.25, 0.3) is 0 Å². The third kappa shape index (κ3) is 3.00. The van der Waals surface area contributed by atoms with Crippen molar-refractivity contribution >= 4 is 21.7 Å². The quantitative estimate of drug-likeness (QED) is 0.726. The average Bonchev–Trinajstić information content (AvgIpc) is 2.08. The zero-order valence-electron chi connectivity index (χ0n) is 9.33. The standard InChI is InChI=1S/C11H15BrO3/c1-10(2,3)15-11(14-4)6-5-8(13)7-9(11)12/h5-7H,1-4H3. The van der Waals surface area contributed by atoms with E-state index in [-0.39, 0.29) is 11.4 Å². The number of carbonyl (C=O) groups excluding carboxylic acids is 1. The molecular formula is C11H15BrO3. The van der Waals surface area contributed by atoms with Gasteiger partial charge in [0.25, 0.3) is 0 Å². The summed E-state index contributed by atoms with van der Waals surface area (Å²) in [6.07, 6.45) is 4.51. The molecule has 0 N–H and O–H groups in total. The van der Waals surface area contributed by atoms with Crippen molar-refractivity contribution in [2.24, 2.45) is 0 Å². The van der Waals surface area contributed by atoms with Gasteiger partial charge < -0.3 is 9.47 Å². The Morgan fingerprint density at radius 2 is 2.00 bits per heavy atom. The molecule has 0 heterocycles. The van der Waals surface area contributed by atoms with Gasteiger partial charge in [-0.3, -0.25) is 4.79 Å². The Bertz CT molecular complexity index is 325. The first-order valence-corrected chi connectivity index (χ1v) is 5.44. The minimum absolute atomic E-state index is 0.0768. The van der Waals surface area contributed by atoms with Crippen LogP contribution < -0.4 is 0 Å². The minimum atomic E-state index is -0.980. The van der Waals surface area contributed by atoms with Crippen molar-refractivity contribution in [3.63, 3.8) is 0 Å². The molecule has 0 spiro atoms. The van der Waals surface area contributed by atoms with E-state index < -0.39 is 5.79 Å². The fourth-order valence-corrected chi connectivity index (χ4v) is 1.89. The van der Waals surface area contributed by atoms with Crippen LogP contribution in [0.1, 0.15) is 20.8 Å². The van der Waals surface area contributed by atoms with E-state index in [9.17, 15) is 4.79 Å². The Morgan fingerprint density at radius 1 is 1.40 bits per heavy atom. The number of carbonyl (C=O) groups is 1. The summed E-state index contributed by atoms with van der Waals surface area (Å²) in [5, 5.41) is 0. The first kappa shape index (κ1) is 12.6. The molecule has 0 aromatic carbocycles. The van der Waals surface area contributed by atoms with E-state index in [1.165, 1.54) is 12.2 Å². The molecule has 0 amide bonds. The highest BCUT2D eigenvalue weighted by atomic mass is 79.9. The fraction of sp³-hybridized carbons (Fsp3) is 0.545. The summed E-state index contributed by atoms with van der Waals surface area (Å²) >= 11 is 3.30. The number of ether oxygens (including phenoxy) is 2. The van der Waals surface area contributed by atoms with Gasteiger partial charge in [-0.05, 0) is 48.9 Å². The van der Waals surface area contributed by atoms with Crippen LogP contribution in [0, 0.1) is 0 Å². The Balaban J connectivity index is 3.01. The lowest BCUT2D eigenvalue weighted by atomic mass is 10.1. The first-order chi connectivity index (χ1) is 6.79. The van der Waals surface area contributed by atoms with Gasteiger partial charge >= 0.3 is 0 Å². The van der Waals surface area contributed by atoms with E-state index in [0.717, 1.165) is 0 Å². The smallest absolute Gasteiger partial charge is 0.222 e. The summed E-state index contributed by atoms with van der Waals surface area (Å²) in [5.74, 6) is -1.06. The van der Waals surface area contributed by atoms with Crippen molar-refractivity contribution < 1.29 is 14.3 Å². The van der Waals surface area contributed by atoms with Gasteiger partial charge in [0, 0.05) is 13.2 Å². The van der Waals surface area contributed by atoms with Gasteiger partial charge in [-0.15, -0.1) is 0 Å². The van der Waals surface area contributed by atoms with Gasteiger partial charge in [-0.1, -0.05) is 0 Å². The SMILES string of the molecule is COC1(OC(C)(C)C)C=CC(=O)C=C1Br. The number of hydrogen-bond acceptors (Lipinski definition) is 3. The van der Waals surface area contributed by atoms with Crippen molar-refractivity contribution in [2.75, 3.05) is 7.11 Å². The second kappa shape index (κ2) is 4.20. The van der Waals surface area contributed by atoms with Crippen LogP contribution >= 0.6 is 15.9 Å². The van der Waals surface area contributed by atoms with E-state index >= 15 is 0 Å². The molecule has 1 unspecified atom stereocenters. The number of methoxy groups -OCH3 is 1. The third-order valence-electron chi connectivity index (χ3n) is 1.83. The lowest BCUT2D eigenvalue weighted by Gasteiger charge is -2.36. The molecule has 1 atom stereocenters. The normalized spacial score (nSPS) is 26.7. The van der Waals surface area contributed by atoms with E-state index in [2.05, 4.69) is 15.9 Å². The molecular weight excluding hydrogens is 260 g/mol. The molecule has 0 radical (unpaired) electrons. The van der Waals surface area contributed by atoms with Crippen LogP contribution in [0.5, 0.6) is 0 Å². The number of allylic oxidation sites excluding steroid dienone is 2.